The Labute approximate surface area is 125 Å². The van der Waals surface area contributed by atoms with Crippen molar-refractivity contribution in [2.24, 2.45) is 23.7 Å². The summed E-state index contributed by atoms with van der Waals surface area (Å²) in [6.45, 7) is 0. The molecule has 0 aromatic heterocycles. The summed E-state index contributed by atoms with van der Waals surface area (Å²) in [5.74, 6) is -0.628. The van der Waals surface area contributed by atoms with Gasteiger partial charge in [-0.2, -0.15) is 0 Å². The summed E-state index contributed by atoms with van der Waals surface area (Å²) in [7, 11) is 1.45. The van der Waals surface area contributed by atoms with Gasteiger partial charge in [-0.3, -0.25) is 0 Å². The number of ether oxygens (including phenoxy) is 2. The molecule has 6 heteroatoms. The largest absolute Gasteiger partial charge is 0.419 e. The molecule has 3 nitrogen and oxygen atoms in total. The van der Waals surface area contributed by atoms with Crippen LogP contribution in [0, 0.1) is 23.7 Å². The molecular formula is C13H11Cl3O3. The van der Waals surface area contributed by atoms with E-state index < -0.39 is 11.8 Å². The Morgan fingerprint density at radius 3 is 2.47 bits per heavy atom. The van der Waals surface area contributed by atoms with Crippen LogP contribution in [0.4, 0.5) is 0 Å². The van der Waals surface area contributed by atoms with Gasteiger partial charge in [0.15, 0.2) is 0 Å². The molecule has 1 heterocycles. The van der Waals surface area contributed by atoms with Crippen LogP contribution in [0.1, 0.15) is 12.8 Å². The molecule has 0 radical (unpaired) electrons. The Bertz CT molecular complexity index is 561. The van der Waals surface area contributed by atoms with Crippen LogP contribution in [0.2, 0.25) is 0 Å². The summed E-state index contributed by atoms with van der Waals surface area (Å²) in [4.78, 5) is 11.8. The van der Waals surface area contributed by atoms with Gasteiger partial charge in [-0.1, -0.05) is 34.8 Å². The average molecular weight is 322 g/mol. The monoisotopic (exact) mass is 320 g/mol. The maximum absolute atomic E-state index is 11.8. The molecule has 2 bridgehead atoms. The summed E-state index contributed by atoms with van der Waals surface area (Å²) >= 11 is 19.0. The van der Waals surface area contributed by atoms with E-state index in [0.717, 1.165) is 12.8 Å². The first-order valence-electron chi connectivity index (χ1n) is 6.25. The molecule has 1 aliphatic heterocycles. The number of hydrogen-bond acceptors (Lipinski definition) is 3. The molecule has 0 aromatic carbocycles. The van der Waals surface area contributed by atoms with Crippen molar-refractivity contribution in [2.45, 2.75) is 18.6 Å². The first-order valence-corrected chi connectivity index (χ1v) is 7.39. The highest BCUT2D eigenvalue weighted by Gasteiger charge is 2.66. The number of esters is 1. The molecule has 4 aliphatic carbocycles. The van der Waals surface area contributed by atoms with Crippen LogP contribution in [-0.2, 0) is 14.3 Å². The van der Waals surface area contributed by atoms with E-state index in [4.69, 9.17) is 44.3 Å². The summed E-state index contributed by atoms with van der Waals surface area (Å²) < 4.78 is 10.8. The number of methoxy groups -OCH3 is 1. The van der Waals surface area contributed by atoms with Crippen LogP contribution in [0.25, 0.3) is 0 Å². The highest BCUT2D eigenvalue weighted by molar-refractivity contribution is 6.44. The fourth-order valence-corrected chi connectivity index (χ4v) is 5.29. The third kappa shape index (κ3) is 1.24. The van der Waals surface area contributed by atoms with Crippen molar-refractivity contribution in [3.05, 3.63) is 20.7 Å². The van der Waals surface area contributed by atoms with Gasteiger partial charge in [0.1, 0.15) is 10.1 Å². The molecule has 3 atom stereocenters. The van der Waals surface area contributed by atoms with Crippen LogP contribution in [0.15, 0.2) is 20.7 Å². The highest BCUT2D eigenvalue weighted by atomic mass is 35.5. The lowest BCUT2D eigenvalue weighted by Gasteiger charge is -2.38. The zero-order valence-electron chi connectivity index (χ0n) is 10.1. The highest BCUT2D eigenvalue weighted by Crippen LogP contribution is 2.68. The first kappa shape index (κ1) is 12.5. The molecule has 5 aliphatic rings. The molecule has 5 rings (SSSR count). The van der Waals surface area contributed by atoms with E-state index in [-0.39, 0.29) is 21.9 Å². The predicted octanol–water partition coefficient (Wildman–Crippen LogP) is 3.35. The van der Waals surface area contributed by atoms with Crippen LogP contribution >= 0.6 is 34.8 Å². The third-order valence-electron chi connectivity index (χ3n) is 5.03. The van der Waals surface area contributed by atoms with Crippen molar-refractivity contribution >= 4 is 40.8 Å². The van der Waals surface area contributed by atoms with Gasteiger partial charge in [0.2, 0.25) is 0 Å². The second-order valence-corrected chi connectivity index (χ2v) is 6.81. The molecule has 0 N–H and O–H groups in total. The molecule has 0 amide bonds. The van der Waals surface area contributed by atoms with Crippen molar-refractivity contribution < 1.29 is 14.3 Å². The Morgan fingerprint density at radius 2 is 1.84 bits per heavy atom. The van der Waals surface area contributed by atoms with Gasteiger partial charge in [0.25, 0.3) is 5.79 Å². The molecule has 1 unspecified atom stereocenters. The smallest absolute Gasteiger partial charge is 0.353 e. The van der Waals surface area contributed by atoms with E-state index in [1.807, 2.05) is 0 Å². The summed E-state index contributed by atoms with van der Waals surface area (Å²) in [5.41, 5.74) is 0.686. The predicted molar refractivity (Wildman–Crippen MR) is 70.6 cm³/mol. The summed E-state index contributed by atoms with van der Waals surface area (Å²) in [6.07, 6.45) is 2.22. The lowest BCUT2D eigenvalue weighted by Crippen LogP contribution is -2.43. The van der Waals surface area contributed by atoms with Crippen LogP contribution < -0.4 is 0 Å². The Balaban J connectivity index is 1.99. The van der Waals surface area contributed by atoms with Crippen molar-refractivity contribution in [1.29, 1.82) is 0 Å². The lowest BCUT2D eigenvalue weighted by molar-refractivity contribution is -0.179. The number of carbonyl (C=O) groups is 1. The summed E-state index contributed by atoms with van der Waals surface area (Å²) in [6, 6.07) is 0. The second-order valence-electron chi connectivity index (χ2n) is 5.64. The van der Waals surface area contributed by atoms with Gasteiger partial charge < -0.3 is 9.47 Å². The molecule has 102 valence electrons. The normalized spacial score (nSPS) is 47.1. The van der Waals surface area contributed by atoms with Crippen molar-refractivity contribution in [3.8, 4) is 0 Å². The van der Waals surface area contributed by atoms with Crippen LogP contribution in [-0.4, -0.2) is 18.9 Å². The zero-order chi connectivity index (χ0) is 13.5. The molecule has 0 saturated heterocycles. The summed E-state index contributed by atoms with van der Waals surface area (Å²) in [5, 5.41) is 0.942. The molecule has 3 fully saturated rings. The van der Waals surface area contributed by atoms with Crippen molar-refractivity contribution in [1.82, 2.24) is 0 Å². The zero-order valence-corrected chi connectivity index (χ0v) is 12.4. The van der Waals surface area contributed by atoms with Gasteiger partial charge in [-0.15, -0.1) is 0 Å². The van der Waals surface area contributed by atoms with E-state index >= 15 is 0 Å². The van der Waals surface area contributed by atoms with Crippen LogP contribution in [0.5, 0.6) is 0 Å². The quantitative estimate of drug-likeness (QED) is 0.695. The van der Waals surface area contributed by atoms with Gasteiger partial charge in [-0.25, -0.2) is 4.79 Å². The maximum Gasteiger partial charge on any atom is 0.353 e. The van der Waals surface area contributed by atoms with Crippen LogP contribution in [0.3, 0.4) is 0 Å². The first-order chi connectivity index (χ1) is 9.01. The average Bonchev–Trinajstić information content (AvgIpc) is 2.95. The standard InChI is InChI=1S/C13H11Cl3O3/c1-18-13-8(10(15)12(17)19-13)6-4-2-5(3-4)7(6)9(14)11(13)16/h4-7H,2-3H2,1H3/t4?,5?,6-,7+,13?/m1/s1. The molecule has 0 aromatic rings. The Kier molecular flexibility index (Phi) is 2.44. The number of rotatable bonds is 1. The van der Waals surface area contributed by atoms with Gasteiger partial charge in [0.05, 0.1) is 0 Å². The van der Waals surface area contributed by atoms with Gasteiger partial charge in [-0.05, 0) is 30.6 Å². The minimum absolute atomic E-state index is 0.117. The van der Waals surface area contributed by atoms with E-state index in [1.165, 1.54) is 7.11 Å². The molecular weight excluding hydrogens is 310 g/mol. The minimum Gasteiger partial charge on any atom is -0.419 e. The van der Waals surface area contributed by atoms with E-state index in [1.54, 1.807) is 0 Å². The van der Waals surface area contributed by atoms with Crippen molar-refractivity contribution in [2.75, 3.05) is 7.11 Å². The Hall–Kier alpha value is -0.220. The second kappa shape index (κ2) is 3.70. The third-order valence-corrected chi connectivity index (χ3v) is 6.38. The molecule has 19 heavy (non-hydrogen) atoms. The number of fused-ring (bicyclic) bond motifs is 1. The van der Waals surface area contributed by atoms with E-state index in [2.05, 4.69) is 0 Å². The maximum atomic E-state index is 11.8. The number of hydrogen-bond donors (Lipinski definition) is 0. The van der Waals surface area contributed by atoms with Crippen molar-refractivity contribution in [3.63, 3.8) is 0 Å². The Morgan fingerprint density at radius 1 is 1.21 bits per heavy atom. The lowest BCUT2D eigenvalue weighted by atomic mass is 9.78. The fraction of sp³-hybridized carbons (Fsp3) is 0.615. The number of halogens is 3. The van der Waals surface area contributed by atoms with E-state index in [9.17, 15) is 4.79 Å². The number of carbonyl (C=O) groups excluding carboxylic acids is 1. The fourth-order valence-electron chi connectivity index (χ4n) is 4.22. The topological polar surface area (TPSA) is 35.5 Å². The van der Waals surface area contributed by atoms with E-state index in [0.29, 0.717) is 22.4 Å². The number of allylic oxidation sites excluding steroid dienone is 1. The molecule has 0 spiro atoms. The van der Waals surface area contributed by atoms with Gasteiger partial charge in [0, 0.05) is 23.6 Å². The minimum atomic E-state index is -1.38. The SMILES string of the molecule is COC12OC(=O)C(Cl)=C1[C@@H]1C3CC(C3)[C@@H]1C(Cl)=C2Cl. The molecule has 3 saturated carbocycles. The van der Waals surface area contributed by atoms with Gasteiger partial charge >= 0.3 is 5.97 Å².